The summed E-state index contributed by atoms with van der Waals surface area (Å²) in [5.41, 5.74) is 10.5. The van der Waals surface area contributed by atoms with Gasteiger partial charge in [0.25, 0.3) is 5.69 Å². The van der Waals surface area contributed by atoms with Crippen molar-refractivity contribution >= 4 is 22.7 Å². The van der Waals surface area contributed by atoms with E-state index in [1.165, 1.54) is 13.2 Å². The van der Waals surface area contributed by atoms with Gasteiger partial charge in [0.05, 0.1) is 61.0 Å². The molecule has 3 N–H and O–H groups in total. The van der Waals surface area contributed by atoms with Crippen molar-refractivity contribution in [1.29, 1.82) is 0 Å². The molecule has 2 aliphatic heterocycles. The Hall–Kier alpha value is -3.28. The van der Waals surface area contributed by atoms with Gasteiger partial charge in [-0.25, -0.2) is 0 Å². The highest BCUT2D eigenvalue weighted by atomic mass is 16.6. The Labute approximate surface area is 237 Å². The van der Waals surface area contributed by atoms with E-state index >= 15 is 0 Å². The van der Waals surface area contributed by atoms with Gasteiger partial charge in [-0.05, 0) is 59.2 Å². The van der Waals surface area contributed by atoms with Crippen molar-refractivity contribution in [2.24, 2.45) is 0 Å². The number of rotatable bonds is 5. The van der Waals surface area contributed by atoms with Crippen LogP contribution in [0.15, 0.2) is 24.3 Å². The number of benzene rings is 2. The normalized spacial score (nSPS) is 22.4. The largest absolute Gasteiger partial charge is 0.495 e. The van der Waals surface area contributed by atoms with E-state index in [0.717, 1.165) is 61.7 Å². The van der Waals surface area contributed by atoms with Gasteiger partial charge in [0.1, 0.15) is 11.5 Å². The number of aliphatic hydroxyl groups is 1. The number of anilines is 3. The summed E-state index contributed by atoms with van der Waals surface area (Å²) >= 11 is 0. The summed E-state index contributed by atoms with van der Waals surface area (Å²) < 4.78 is 22.2. The molecule has 4 atom stereocenters. The maximum atomic E-state index is 11.0. The lowest BCUT2D eigenvalue weighted by atomic mass is 10.1. The van der Waals surface area contributed by atoms with Crippen molar-refractivity contribution < 1.29 is 29.0 Å². The summed E-state index contributed by atoms with van der Waals surface area (Å²) in [5, 5.41) is 18.0. The van der Waals surface area contributed by atoms with Gasteiger partial charge in [-0.15, -0.1) is 0 Å². The zero-order valence-electron chi connectivity index (χ0n) is 25.3. The lowest BCUT2D eigenvalue weighted by Crippen LogP contribution is -2.45. The number of methoxy groups -OCH3 is 2. The maximum Gasteiger partial charge on any atom is 0.276 e. The van der Waals surface area contributed by atoms with Gasteiger partial charge in [-0.2, -0.15) is 0 Å². The van der Waals surface area contributed by atoms with Crippen LogP contribution in [0.1, 0.15) is 38.8 Å². The molecule has 11 heteroatoms. The minimum absolute atomic E-state index is 0.0833. The predicted octanol–water partition coefficient (Wildman–Crippen LogP) is 4.33. The number of nitro benzene ring substituents is 1. The van der Waals surface area contributed by atoms with Crippen molar-refractivity contribution in [2.75, 3.05) is 63.0 Å². The number of nitrogens with zero attached hydrogens (tertiary/aromatic N) is 3. The molecule has 2 aromatic rings. The van der Waals surface area contributed by atoms with Gasteiger partial charge in [0.2, 0.25) is 0 Å². The number of ether oxygens (including phenoxy) is 4. The molecule has 0 aromatic heterocycles. The Morgan fingerprint density at radius 2 is 1.18 bits per heavy atom. The molecule has 0 aliphatic carbocycles. The smallest absolute Gasteiger partial charge is 0.276 e. The molecule has 0 spiro atoms. The topological polar surface area (TPSA) is 133 Å². The first-order chi connectivity index (χ1) is 18.9. The molecule has 4 unspecified atom stereocenters. The highest BCUT2D eigenvalue weighted by Crippen LogP contribution is 2.36. The number of nitrogen functional groups attached to an aromatic ring is 1. The first kappa shape index (κ1) is 32.9. The maximum absolute atomic E-state index is 11.0. The molecule has 0 saturated carbocycles. The van der Waals surface area contributed by atoms with E-state index < -0.39 is 0 Å². The lowest BCUT2D eigenvalue weighted by Gasteiger charge is -2.37. The molecule has 2 aromatic carbocycles. The van der Waals surface area contributed by atoms with Crippen molar-refractivity contribution in [2.45, 2.75) is 66.0 Å². The van der Waals surface area contributed by atoms with Crippen LogP contribution >= 0.6 is 0 Å². The highest BCUT2D eigenvalue weighted by molar-refractivity contribution is 5.68. The van der Waals surface area contributed by atoms with Crippen LogP contribution < -0.4 is 25.0 Å². The fraction of sp³-hybridized carbons (Fsp3) is 0.586. The third-order valence-corrected chi connectivity index (χ3v) is 6.78. The van der Waals surface area contributed by atoms with E-state index in [0.29, 0.717) is 11.3 Å². The van der Waals surface area contributed by atoms with E-state index in [9.17, 15) is 10.1 Å². The summed E-state index contributed by atoms with van der Waals surface area (Å²) in [5.74, 6) is 1.36. The summed E-state index contributed by atoms with van der Waals surface area (Å²) in [6.07, 6.45) is 0.713. The average molecular weight is 563 g/mol. The minimum atomic E-state index is -0.383. The van der Waals surface area contributed by atoms with Crippen LogP contribution in [0.2, 0.25) is 0 Å². The molecule has 0 amide bonds. The lowest BCUT2D eigenvalue weighted by molar-refractivity contribution is -0.385. The van der Waals surface area contributed by atoms with Crippen LogP contribution in [0.3, 0.4) is 0 Å². The molecular weight excluding hydrogens is 516 g/mol. The molecule has 0 radical (unpaired) electrons. The Morgan fingerprint density at radius 1 is 0.800 bits per heavy atom. The Balaban J connectivity index is 0.000000265. The number of morpholine rings is 2. The van der Waals surface area contributed by atoms with Crippen molar-refractivity contribution in [3.63, 3.8) is 0 Å². The third-order valence-electron chi connectivity index (χ3n) is 6.78. The zero-order chi connectivity index (χ0) is 30.1. The molecule has 2 fully saturated rings. The summed E-state index contributed by atoms with van der Waals surface area (Å²) in [6, 6.07) is 7.31. The zero-order valence-corrected chi connectivity index (χ0v) is 25.3. The summed E-state index contributed by atoms with van der Waals surface area (Å²) in [6.45, 7) is 15.3. The molecule has 2 saturated heterocycles. The number of aliphatic hydroxyl groups excluding tert-OH is 1. The molecule has 4 rings (SSSR count). The van der Waals surface area contributed by atoms with E-state index in [4.69, 9.17) is 29.8 Å². The van der Waals surface area contributed by atoms with Gasteiger partial charge in [-0.1, -0.05) is 0 Å². The van der Waals surface area contributed by atoms with Crippen LogP contribution in [-0.2, 0) is 9.47 Å². The second-order valence-corrected chi connectivity index (χ2v) is 10.3. The fourth-order valence-corrected chi connectivity index (χ4v) is 5.12. The highest BCUT2D eigenvalue weighted by Gasteiger charge is 2.27. The Morgan fingerprint density at radius 3 is 1.55 bits per heavy atom. The molecule has 2 aliphatic rings. The predicted molar refractivity (Wildman–Crippen MR) is 159 cm³/mol. The second-order valence-electron chi connectivity index (χ2n) is 10.3. The molecular formula is C29H46N4O7. The van der Waals surface area contributed by atoms with Crippen LogP contribution in [0.25, 0.3) is 0 Å². The molecule has 0 bridgehead atoms. The van der Waals surface area contributed by atoms with Gasteiger partial charge < -0.3 is 39.6 Å². The van der Waals surface area contributed by atoms with Gasteiger partial charge >= 0.3 is 0 Å². The Kier molecular flexibility index (Phi) is 12.3. The van der Waals surface area contributed by atoms with Crippen molar-refractivity contribution in [3.8, 4) is 11.5 Å². The molecule has 11 nitrogen and oxygen atoms in total. The molecule has 2 heterocycles. The molecule has 40 heavy (non-hydrogen) atoms. The van der Waals surface area contributed by atoms with Crippen LogP contribution in [0.5, 0.6) is 11.5 Å². The SMILES string of the molecule is CO.COc1cc(N)c(C)cc1N1CC(C)OC(C)C1.COc1cc([N+](=O)[O-])c(C)cc1N1CC(C)OC(C)C1. The van der Waals surface area contributed by atoms with Gasteiger partial charge in [0, 0.05) is 50.6 Å². The number of hydrogen-bond donors (Lipinski definition) is 2. The third kappa shape index (κ3) is 8.36. The average Bonchev–Trinajstić information content (AvgIpc) is 2.90. The van der Waals surface area contributed by atoms with Crippen LogP contribution in [0, 0.1) is 24.0 Å². The van der Waals surface area contributed by atoms with Crippen LogP contribution in [0.4, 0.5) is 22.7 Å². The van der Waals surface area contributed by atoms with Gasteiger partial charge in [-0.3, -0.25) is 10.1 Å². The number of nitrogens with two attached hydrogens (primary N) is 1. The van der Waals surface area contributed by atoms with E-state index in [1.54, 1.807) is 14.0 Å². The second kappa shape index (κ2) is 14.9. The minimum Gasteiger partial charge on any atom is -0.495 e. The van der Waals surface area contributed by atoms with E-state index in [1.807, 2.05) is 32.9 Å². The standard InChI is InChI=1S/C14H20N2O4.C14H22N2O2.CH4O/c1-9-5-13(14(19-4)6-12(9)16(17)18)15-7-10(2)20-11(3)8-15;1-9-5-13(14(17-4)6-12(9)15)16-7-10(2)18-11(3)8-16;1-2/h5-6,10-11H,7-8H2,1-4H3;5-6,10-11H,7-8,15H2,1-4H3;2H,1H3. The first-order valence-corrected chi connectivity index (χ1v) is 13.5. The van der Waals surface area contributed by atoms with E-state index in [-0.39, 0.29) is 35.0 Å². The number of nitro groups is 1. The first-order valence-electron chi connectivity index (χ1n) is 13.5. The number of aryl methyl sites for hydroxylation is 2. The van der Waals surface area contributed by atoms with Crippen molar-refractivity contribution in [1.82, 2.24) is 0 Å². The van der Waals surface area contributed by atoms with Gasteiger partial charge in [0.15, 0.2) is 0 Å². The quantitative estimate of drug-likeness (QED) is 0.308. The summed E-state index contributed by atoms with van der Waals surface area (Å²) in [4.78, 5) is 15.1. The fourth-order valence-electron chi connectivity index (χ4n) is 5.12. The number of hydrogen-bond acceptors (Lipinski definition) is 10. The van der Waals surface area contributed by atoms with Crippen molar-refractivity contribution in [3.05, 3.63) is 45.5 Å². The monoisotopic (exact) mass is 562 g/mol. The van der Waals surface area contributed by atoms with E-state index in [2.05, 4.69) is 29.7 Å². The van der Waals surface area contributed by atoms with Crippen LogP contribution in [-0.4, -0.2) is 82.0 Å². The Bertz CT molecular complexity index is 1110. The molecule has 224 valence electrons. The summed E-state index contributed by atoms with van der Waals surface area (Å²) in [7, 11) is 4.21.